The maximum absolute atomic E-state index is 15.9. The van der Waals surface area contributed by atoms with Crippen molar-refractivity contribution >= 4 is 273 Å². The lowest BCUT2D eigenvalue weighted by Crippen LogP contribution is -2.42. The summed E-state index contributed by atoms with van der Waals surface area (Å²) < 4.78 is -0.735. The zero-order valence-electron chi connectivity index (χ0n) is 45.0. The summed E-state index contributed by atoms with van der Waals surface area (Å²) >= 11 is 14.9. The van der Waals surface area contributed by atoms with Crippen LogP contribution in [0, 0.1) is 49.9 Å². The normalized spacial score (nSPS) is 18.3. The Hall–Kier alpha value is -0.900. The number of Topliss-reactive ketones (excluding diaryl/α,β-unsaturated/α-hetero) is 1. The van der Waals surface area contributed by atoms with Crippen molar-refractivity contribution in [2.75, 3.05) is 88.3 Å². The number of aliphatic hydroxyl groups is 14. The number of amides is 8. The number of hydrogen-bond donors (Lipinski definition) is 22. The van der Waals surface area contributed by atoms with E-state index in [1.165, 1.54) is 0 Å². The van der Waals surface area contributed by atoms with Crippen LogP contribution in [0.2, 0.25) is 0 Å². The van der Waals surface area contributed by atoms with Crippen LogP contribution in [0.4, 0.5) is 17.1 Å². The number of carbonyl (C=O) groups is 9. The maximum atomic E-state index is 15.9. The average molecular weight is 2270 g/mol. The first-order chi connectivity index (χ1) is 41.7. The van der Waals surface area contributed by atoms with Crippen molar-refractivity contribution in [2.45, 2.75) is 48.8 Å². The quantitative estimate of drug-likeness (QED) is 0.0241. The Morgan fingerprint density at radius 3 is 0.798 bits per heavy atom. The van der Waals surface area contributed by atoms with Crippen molar-refractivity contribution in [1.82, 2.24) is 26.6 Å². The molecule has 0 radical (unpaired) electrons. The number of benzene rings is 3. The first kappa shape index (κ1) is 80.5. The van der Waals surface area contributed by atoms with Gasteiger partial charge in [0.2, 0.25) is 0 Å². The molecule has 0 bridgehead atoms. The molecular weight excluding hydrogens is 2210 g/mol. The highest BCUT2D eigenvalue weighted by atomic mass is 127. The number of carbonyl (C=O) groups excluding carboxylic acids is 9. The number of rotatable bonds is 29. The van der Waals surface area contributed by atoms with Crippen LogP contribution < -0.4 is 42.5 Å². The molecule has 1 aliphatic carbocycles. The van der Waals surface area contributed by atoms with E-state index in [9.17, 15) is 110 Å². The van der Waals surface area contributed by atoms with E-state index < -0.39 is 198 Å². The minimum Gasteiger partial charge on any atom is -0.394 e. The molecule has 22 N–H and O–H groups in total. The summed E-state index contributed by atoms with van der Waals surface area (Å²) in [6.07, 6.45) is -14.5. The molecule has 3 aromatic carbocycles. The van der Waals surface area contributed by atoms with Crippen LogP contribution in [0.3, 0.4) is 0 Å². The summed E-state index contributed by atoms with van der Waals surface area (Å²) in [5, 5.41) is 162. The second-order valence-corrected chi connectivity index (χ2v) is 28.7. The number of aliphatic hydroxyl groups excluding tert-OH is 14. The van der Waals surface area contributed by atoms with Gasteiger partial charge in [-0.1, -0.05) is 0 Å². The van der Waals surface area contributed by atoms with Crippen molar-refractivity contribution in [3.8, 4) is 0 Å². The van der Waals surface area contributed by atoms with Crippen LogP contribution in [-0.4, -0.2) is 246 Å². The molecule has 0 spiro atoms. The summed E-state index contributed by atoms with van der Waals surface area (Å²) in [6, 6.07) is 0. The molecule has 31 nitrogen and oxygen atoms in total. The largest absolute Gasteiger partial charge is 0.394 e. The van der Waals surface area contributed by atoms with Crippen molar-refractivity contribution < 1.29 is 115 Å². The zero-order valence-corrected chi connectivity index (χ0v) is 64.4. The topological polar surface area (TPSA) is 533 Å². The highest BCUT2D eigenvalue weighted by Gasteiger charge is 2.54. The zero-order chi connectivity index (χ0) is 67.4. The van der Waals surface area contributed by atoms with Gasteiger partial charge in [0.25, 0.3) is 47.3 Å². The molecule has 3 aromatic rings. The highest BCUT2D eigenvalue weighted by Crippen LogP contribution is 2.45. The molecular formula is C49H55I9N8O23. The highest BCUT2D eigenvalue weighted by molar-refractivity contribution is 14.1. The molecule has 0 heterocycles. The van der Waals surface area contributed by atoms with Gasteiger partial charge < -0.3 is 114 Å². The summed E-state index contributed by atoms with van der Waals surface area (Å²) in [7, 11) is 0. The van der Waals surface area contributed by atoms with E-state index in [4.69, 9.17) is 0 Å². The molecule has 0 saturated heterocycles. The van der Waals surface area contributed by atoms with Gasteiger partial charge >= 0.3 is 0 Å². The molecule has 8 amide bonds. The molecule has 40 heteroatoms. The fourth-order valence-electron chi connectivity index (χ4n) is 8.39. The Labute approximate surface area is 626 Å². The Morgan fingerprint density at radius 1 is 0.337 bits per heavy atom. The lowest BCUT2D eigenvalue weighted by molar-refractivity contribution is -0.126. The van der Waals surface area contributed by atoms with Crippen molar-refractivity contribution in [2.24, 2.45) is 17.8 Å². The molecule has 1 fully saturated rings. The van der Waals surface area contributed by atoms with Gasteiger partial charge in [0, 0.05) is 70.3 Å². The molecule has 0 aliphatic heterocycles. The first-order valence-electron chi connectivity index (χ1n) is 25.3. The van der Waals surface area contributed by atoms with Crippen molar-refractivity contribution in [3.63, 3.8) is 0 Å². The molecule has 89 heavy (non-hydrogen) atoms. The van der Waals surface area contributed by atoms with Crippen LogP contribution in [0.25, 0.3) is 0 Å². The molecule has 1 saturated carbocycles. The van der Waals surface area contributed by atoms with Crippen LogP contribution >= 0.6 is 203 Å². The van der Waals surface area contributed by atoms with E-state index >= 15 is 4.79 Å². The summed E-state index contributed by atoms with van der Waals surface area (Å²) in [5.41, 5.74) is -2.74. The predicted molar refractivity (Wildman–Crippen MR) is 387 cm³/mol. The standard InChI is InChI=1S/C49H55I9N8O23/c50-27-21(30(53)36(64-42(82)17(76)9-70)31(54)22(27)45(85)59-1-12(73)6-67)41(81)20-15(4-62-48(88)25-28(51)23(46(86)60-2-13(74)7-68)32(55)37(34(25)57)65-43(83)18(77)10-71)39(79)40(80)16(20)5-63-49(89)26-29(52)24(47(87)61-3-14(75)8-69)33(56)38(35(26)58)66-44(84)19(78)11-72/h12-20,39-40,67-80H,1-11H2,(H,59,85)(H,60,86)(H,61,87)(H,62,88)(H,63,89)(H,64,82)(H,65,83)(H,66,84)/t12?,13?,14?,15-,16+,17?,18?,19?,20?,39-,40-/m1/s1. The third kappa shape index (κ3) is 19.4. The van der Waals surface area contributed by atoms with Gasteiger partial charge in [0.05, 0.1) is 133 Å². The molecule has 4 rings (SSSR count). The third-order valence-corrected chi connectivity index (χ3v) is 22.8. The van der Waals surface area contributed by atoms with E-state index in [1.54, 1.807) is 203 Å². The maximum Gasteiger partial charge on any atom is 0.255 e. The lowest BCUT2D eigenvalue weighted by atomic mass is 9.81. The average Bonchev–Trinajstić information content (AvgIpc) is 2.59. The Morgan fingerprint density at radius 2 is 0.562 bits per heavy atom. The van der Waals surface area contributed by atoms with Crippen molar-refractivity contribution in [1.29, 1.82) is 0 Å². The van der Waals surface area contributed by atoms with Gasteiger partial charge in [-0.2, -0.15) is 0 Å². The first-order valence-corrected chi connectivity index (χ1v) is 35.0. The fraction of sp³-hybridized carbons (Fsp3) is 0.449. The summed E-state index contributed by atoms with van der Waals surface area (Å²) in [5.74, 6) is -14.7. The van der Waals surface area contributed by atoms with E-state index in [2.05, 4.69) is 42.5 Å². The monoisotopic (exact) mass is 2270 g/mol. The minimum atomic E-state index is -2.05. The van der Waals surface area contributed by atoms with E-state index in [0.717, 1.165) is 0 Å². The van der Waals surface area contributed by atoms with Gasteiger partial charge in [-0.25, -0.2) is 0 Å². The Bertz CT molecular complexity index is 3090. The molecule has 11 atom stereocenters. The fourth-order valence-corrected chi connectivity index (χ4v) is 21.7. The van der Waals surface area contributed by atoms with E-state index in [0.29, 0.717) is 0 Å². The Balaban J connectivity index is 2.03. The SMILES string of the molecule is O=C(NCC(O)CO)c1c(I)c(NC(=O)C(O)CO)c(I)c(C(=O)NC[C@@H]2C(C(=O)c3c(I)c(NC(=O)C(O)CO)c(I)c(C(=O)NCC(O)CO)c3I)[C@H](CNC(=O)c3c(I)c(NC(=O)C(O)CO)c(I)c(C(=O)NCC(O)CO)c3I)[C@@H](O)[C@@H]2O)c1I. The number of anilines is 3. The minimum absolute atomic E-state index is 0.0124. The van der Waals surface area contributed by atoms with Gasteiger partial charge in [-0.15, -0.1) is 0 Å². The second-order valence-electron chi connectivity index (χ2n) is 19.0. The number of hydrogen-bond acceptors (Lipinski definition) is 23. The predicted octanol–water partition coefficient (Wildman–Crippen LogP) is -3.12. The molecule has 7 unspecified atom stereocenters. The van der Waals surface area contributed by atoms with Gasteiger partial charge in [0.1, 0.15) is 0 Å². The third-order valence-electron chi connectivity index (χ3n) is 13.1. The van der Waals surface area contributed by atoms with E-state index in [-0.39, 0.29) is 77.0 Å². The van der Waals surface area contributed by atoms with Gasteiger partial charge in [-0.05, 0) is 203 Å². The number of ketones is 1. The molecule has 0 aromatic heterocycles. The number of halogens is 9. The van der Waals surface area contributed by atoms with Gasteiger partial charge in [0.15, 0.2) is 24.1 Å². The summed E-state index contributed by atoms with van der Waals surface area (Å²) in [6.45, 7) is -8.58. The summed E-state index contributed by atoms with van der Waals surface area (Å²) in [4.78, 5) is 127. The van der Waals surface area contributed by atoms with Crippen LogP contribution in [0.1, 0.15) is 62.1 Å². The number of nitrogens with one attached hydrogen (secondary N) is 8. The Kier molecular flexibility index (Phi) is 33.5. The van der Waals surface area contributed by atoms with E-state index in [1.807, 2.05) is 0 Å². The molecule has 492 valence electrons. The van der Waals surface area contributed by atoms with Gasteiger partial charge in [-0.3, -0.25) is 43.2 Å². The van der Waals surface area contributed by atoms with Crippen LogP contribution in [0.5, 0.6) is 0 Å². The van der Waals surface area contributed by atoms with Crippen LogP contribution in [-0.2, 0) is 14.4 Å². The van der Waals surface area contributed by atoms with Crippen molar-refractivity contribution in [3.05, 3.63) is 65.5 Å². The second kappa shape index (κ2) is 37.0. The van der Waals surface area contributed by atoms with Crippen LogP contribution in [0.15, 0.2) is 0 Å². The molecule has 1 aliphatic rings. The smallest absolute Gasteiger partial charge is 0.255 e. The lowest BCUT2D eigenvalue weighted by Gasteiger charge is -2.28.